The van der Waals surface area contributed by atoms with Gasteiger partial charge in [0, 0.05) is 6.54 Å². The van der Waals surface area contributed by atoms with Gasteiger partial charge in [-0.25, -0.2) is 4.79 Å². The first-order chi connectivity index (χ1) is 12.5. The van der Waals surface area contributed by atoms with Crippen LogP contribution in [0.4, 0.5) is 0 Å². The Balaban J connectivity index is 1.78. The molecule has 26 heavy (non-hydrogen) atoms. The van der Waals surface area contributed by atoms with Gasteiger partial charge in [0.05, 0.1) is 5.15 Å². The summed E-state index contributed by atoms with van der Waals surface area (Å²) in [6.07, 6.45) is 3.99. The molecule has 0 radical (unpaired) electrons. The Labute approximate surface area is 155 Å². The molecule has 2 aromatic rings. The van der Waals surface area contributed by atoms with E-state index in [1.54, 1.807) is 19.3 Å². The van der Waals surface area contributed by atoms with Gasteiger partial charge in [-0.2, -0.15) is 0 Å². The van der Waals surface area contributed by atoms with Crippen molar-refractivity contribution in [1.82, 2.24) is 14.8 Å². The molecular formula is C16H21BN4O4S. The number of unbranched alkanes of at least 4 members (excludes halogenated alkanes) is 1. The Kier molecular flexibility index (Phi) is 5.85. The van der Waals surface area contributed by atoms with Crippen molar-refractivity contribution in [3.63, 3.8) is 0 Å². The number of carboxylic acids is 1. The number of thioether (sulfide) groups is 1. The molecule has 8 nitrogen and oxygen atoms in total. The Morgan fingerprint density at radius 3 is 3.04 bits per heavy atom. The lowest BCUT2D eigenvalue weighted by Gasteiger charge is -2.28. The molecule has 10 heteroatoms. The van der Waals surface area contributed by atoms with Crippen LogP contribution in [-0.4, -0.2) is 49.7 Å². The Hall–Kier alpha value is -2.04. The lowest BCUT2D eigenvalue weighted by Crippen LogP contribution is -2.41. The van der Waals surface area contributed by atoms with Crippen LogP contribution in [0.2, 0.25) is 0 Å². The van der Waals surface area contributed by atoms with E-state index >= 15 is 0 Å². The first-order valence-corrected chi connectivity index (χ1v) is 9.34. The summed E-state index contributed by atoms with van der Waals surface area (Å²) in [5.41, 5.74) is 7.01. The van der Waals surface area contributed by atoms with Crippen molar-refractivity contribution in [1.29, 1.82) is 0 Å². The number of aromatic nitrogens is 3. The van der Waals surface area contributed by atoms with Crippen molar-refractivity contribution in [3.8, 4) is 5.75 Å². The van der Waals surface area contributed by atoms with Crippen LogP contribution < -0.4 is 10.4 Å². The second-order valence-corrected chi connectivity index (χ2v) is 7.43. The van der Waals surface area contributed by atoms with Gasteiger partial charge in [0.2, 0.25) is 0 Å². The number of rotatable bonds is 7. The van der Waals surface area contributed by atoms with E-state index < -0.39 is 13.1 Å². The maximum absolute atomic E-state index is 11.5. The lowest BCUT2D eigenvalue weighted by molar-refractivity contribution is 0.0693. The first kappa shape index (κ1) is 18.7. The van der Waals surface area contributed by atoms with Crippen molar-refractivity contribution >= 4 is 24.8 Å². The fourth-order valence-electron chi connectivity index (χ4n) is 2.95. The van der Waals surface area contributed by atoms with Gasteiger partial charge < -0.3 is 25.1 Å². The van der Waals surface area contributed by atoms with E-state index in [9.17, 15) is 14.9 Å². The zero-order valence-corrected chi connectivity index (χ0v) is 15.3. The van der Waals surface area contributed by atoms with Crippen LogP contribution in [-0.2, 0) is 13.0 Å². The first-order valence-electron chi connectivity index (χ1n) is 8.46. The van der Waals surface area contributed by atoms with Crippen LogP contribution in [0, 0.1) is 6.92 Å². The smallest absolute Gasteiger partial charge is 0.535 e. The van der Waals surface area contributed by atoms with Gasteiger partial charge in [-0.15, -0.1) is 10.2 Å². The van der Waals surface area contributed by atoms with Crippen LogP contribution in [0.5, 0.6) is 5.75 Å². The third-order valence-electron chi connectivity index (χ3n) is 4.33. The van der Waals surface area contributed by atoms with Crippen LogP contribution in [0.1, 0.15) is 34.3 Å². The number of carboxylic acid groups (broad SMARTS) is 1. The molecule has 2 heterocycles. The van der Waals surface area contributed by atoms with E-state index in [4.69, 9.17) is 10.4 Å². The van der Waals surface area contributed by atoms with Crippen molar-refractivity contribution in [2.45, 2.75) is 43.0 Å². The highest BCUT2D eigenvalue weighted by Gasteiger charge is 2.38. The Morgan fingerprint density at radius 2 is 2.31 bits per heavy atom. The molecule has 0 fully saturated rings. The van der Waals surface area contributed by atoms with Gasteiger partial charge in [-0.05, 0) is 43.9 Å². The van der Waals surface area contributed by atoms with Gasteiger partial charge in [-0.1, -0.05) is 23.9 Å². The Bertz CT molecular complexity index is 801. The molecule has 0 aliphatic carbocycles. The summed E-state index contributed by atoms with van der Waals surface area (Å²) in [4.78, 5) is 11.5. The van der Waals surface area contributed by atoms with Crippen molar-refractivity contribution in [2.75, 3.05) is 6.54 Å². The van der Waals surface area contributed by atoms with Gasteiger partial charge >= 0.3 is 13.1 Å². The van der Waals surface area contributed by atoms with E-state index in [1.165, 1.54) is 11.8 Å². The number of carbonyl (C=O) groups is 1. The molecule has 1 aromatic heterocycles. The SMILES string of the molecule is Cc1ccc2c(c1C(=O)O)OB(O)[C@@H](Sc1nncn1CCCCN)C2. The highest BCUT2D eigenvalue weighted by Crippen LogP contribution is 2.37. The summed E-state index contributed by atoms with van der Waals surface area (Å²) in [5.74, 6) is -0.802. The number of fused-ring (bicyclic) bond motifs is 1. The van der Waals surface area contributed by atoms with Gasteiger partial charge in [0.15, 0.2) is 5.16 Å². The fraction of sp³-hybridized carbons (Fsp3) is 0.438. The number of nitrogens with two attached hydrogens (primary N) is 1. The van der Waals surface area contributed by atoms with Crippen molar-refractivity contribution in [3.05, 3.63) is 35.2 Å². The minimum Gasteiger partial charge on any atom is -0.535 e. The summed E-state index contributed by atoms with van der Waals surface area (Å²) < 4.78 is 7.52. The second-order valence-electron chi connectivity index (χ2n) is 6.22. The summed E-state index contributed by atoms with van der Waals surface area (Å²) in [7, 11) is -1.12. The fourth-order valence-corrected chi connectivity index (χ4v) is 4.02. The third-order valence-corrected chi connectivity index (χ3v) is 5.56. The molecule has 0 spiro atoms. The number of hydrogen-bond donors (Lipinski definition) is 3. The highest BCUT2D eigenvalue weighted by atomic mass is 32.2. The summed E-state index contributed by atoms with van der Waals surface area (Å²) in [6, 6.07) is 3.61. The van der Waals surface area contributed by atoms with E-state index in [-0.39, 0.29) is 16.5 Å². The van der Waals surface area contributed by atoms with Gasteiger partial charge in [0.1, 0.15) is 17.6 Å². The maximum atomic E-state index is 11.5. The normalized spacial score (nSPS) is 16.3. The van der Waals surface area contributed by atoms with E-state index in [2.05, 4.69) is 10.2 Å². The summed E-state index contributed by atoms with van der Waals surface area (Å²) >= 11 is 1.38. The van der Waals surface area contributed by atoms with Crippen LogP contribution >= 0.6 is 11.8 Å². The number of nitrogens with zero attached hydrogens (tertiary/aromatic N) is 3. The van der Waals surface area contributed by atoms with E-state index in [1.807, 2.05) is 10.6 Å². The molecular weight excluding hydrogens is 355 g/mol. The quantitative estimate of drug-likeness (QED) is 0.486. The van der Waals surface area contributed by atoms with Gasteiger partial charge in [-0.3, -0.25) is 0 Å². The average molecular weight is 376 g/mol. The standard InChI is InChI=1S/C16H21BN4O4S/c1-10-4-5-11-8-12(17(24)25-14(11)13(10)15(22)23)26-16-20-19-9-21(16)7-3-2-6-18/h4-5,9,12,24H,2-3,6-8,18H2,1H3,(H,22,23)/t12-/m0/s1. The van der Waals surface area contributed by atoms with Crippen molar-refractivity contribution in [2.24, 2.45) is 5.73 Å². The van der Waals surface area contributed by atoms with Crippen LogP contribution in [0.3, 0.4) is 0 Å². The molecule has 1 atom stereocenters. The van der Waals surface area contributed by atoms with E-state index in [0.717, 1.165) is 24.9 Å². The molecule has 3 rings (SSSR count). The number of hydrogen-bond acceptors (Lipinski definition) is 7. The molecule has 0 amide bonds. The zero-order chi connectivity index (χ0) is 18.7. The lowest BCUT2D eigenvalue weighted by atomic mass is 9.77. The highest BCUT2D eigenvalue weighted by molar-refractivity contribution is 8.01. The molecule has 1 aliphatic heterocycles. The zero-order valence-electron chi connectivity index (χ0n) is 14.5. The monoisotopic (exact) mass is 376 g/mol. The summed E-state index contributed by atoms with van der Waals surface area (Å²) in [6.45, 7) is 3.11. The second kappa shape index (κ2) is 8.11. The van der Waals surface area contributed by atoms with Crippen molar-refractivity contribution < 1.29 is 19.6 Å². The van der Waals surface area contributed by atoms with Crippen LogP contribution in [0.15, 0.2) is 23.6 Å². The van der Waals surface area contributed by atoms with E-state index in [0.29, 0.717) is 23.7 Å². The minimum atomic E-state index is -1.12. The number of aromatic carboxylic acids is 1. The molecule has 1 aliphatic rings. The molecule has 0 bridgehead atoms. The predicted molar refractivity (Wildman–Crippen MR) is 98.4 cm³/mol. The molecule has 138 valence electrons. The Morgan fingerprint density at radius 1 is 1.50 bits per heavy atom. The third kappa shape index (κ3) is 3.87. The largest absolute Gasteiger partial charge is 0.537 e. The number of benzene rings is 1. The maximum Gasteiger partial charge on any atom is 0.537 e. The molecule has 0 saturated heterocycles. The number of aryl methyl sites for hydroxylation is 2. The molecule has 4 N–H and O–H groups in total. The molecule has 1 aromatic carbocycles. The topological polar surface area (TPSA) is 123 Å². The molecule has 0 saturated carbocycles. The molecule has 0 unspecified atom stereocenters. The van der Waals surface area contributed by atoms with Crippen LogP contribution in [0.25, 0.3) is 0 Å². The minimum absolute atomic E-state index is 0.106. The predicted octanol–water partition coefficient (Wildman–Crippen LogP) is 1.14. The summed E-state index contributed by atoms with van der Waals surface area (Å²) in [5, 5.41) is 28.3. The average Bonchev–Trinajstić information content (AvgIpc) is 3.03. The van der Waals surface area contributed by atoms with Gasteiger partial charge in [0.25, 0.3) is 0 Å².